The molecule has 1 aromatic rings. The highest BCUT2D eigenvalue weighted by Crippen LogP contribution is 2.29. The summed E-state index contributed by atoms with van der Waals surface area (Å²) < 4.78 is 6.48. The highest BCUT2D eigenvalue weighted by molar-refractivity contribution is 5.47. The van der Waals surface area contributed by atoms with Gasteiger partial charge in [0.1, 0.15) is 24.1 Å². The summed E-state index contributed by atoms with van der Waals surface area (Å²) in [5.74, 6) is 0.549. The third kappa shape index (κ3) is 1.93. The summed E-state index contributed by atoms with van der Waals surface area (Å²) >= 11 is 0. The molecule has 0 unspecified atom stereocenters. The zero-order chi connectivity index (χ0) is 13.6. The van der Waals surface area contributed by atoms with Crippen LogP contribution in [0.3, 0.4) is 0 Å². The second kappa shape index (κ2) is 4.57. The van der Waals surface area contributed by atoms with E-state index in [-0.39, 0.29) is 0 Å². The molecule has 3 rings (SSSR count). The molecule has 104 valence electrons. The number of nitrogens with one attached hydrogen (secondary N) is 1. The Labute approximate surface area is 108 Å². The van der Waals surface area contributed by atoms with Crippen LogP contribution in [0.4, 0.5) is 5.82 Å². The number of hydrogen-bond donors (Lipinski definition) is 4. The predicted octanol–water partition coefficient (Wildman–Crippen LogP) is -2.18. The average Bonchev–Trinajstić information content (AvgIpc) is 2.95. The fraction of sp³-hybridized carbons (Fsp3) is 0.636. The van der Waals surface area contributed by atoms with E-state index < -0.39 is 36.8 Å². The van der Waals surface area contributed by atoms with Gasteiger partial charge in [0.05, 0.1) is 6.61 Å². The van der Waals surface area contributed by atoms with Gasteiger partial charge in [0.2, 0.25) is 0 Å². The van der Waals surface area contributed by atoms with E-state index in [2.05, 4.69) is 10.3 Å². The van der Waals surface area contributed by atoms with Crippen LogP contribution < -0.4 is 11.0 Å². The standard InChI is InChI=1S/C11H15N3O5/c15-4-6-7(16)8(17)10(19-6)14-3-5-1-2-12-9(5)13-11(14)18/h3,6-8,10,15-17H,1-2,4H2,(H,12,13,18)/t6-,7-,8+,10-/m1/s1. The van der Waals surface area contributed by atoms with Crippen molar-refractivity contribution < 1.29 is 20.1 Å². The normalized spacial score (nSPS) is 33.2. The topological polar surface area (TPSA) is 117 Å². The van der Waals surface area contributed by atoms with E-state index in [9.17, 15) is 15.0 Å². The summed E-state index contributed by atoms with van der Waals surface area (Å²) in [6.07, 6.45) is -2.13. The second-order valence-corrected chi connectivity index (χ2v) is 4.71. The summed E-state index contributed by atoms with van der Waals surface area (Å²) in [6, 6.07) is 0. The summed E-state index contributed by atoms with van der Waals surface area (Å²) in [7, 11) is 0. The molecule has 0 saturated carbocycles. The van der Waals surface area contributed by atoms with Gasteiger partial charge in [-0.15, -0.1) is 0 Å². The van der Waals surface area contributed by atoms with Gasteiger partial charge in [0, 0.05) is 18.3 Å². The van der Waals surface area contributed by atoms with Gasteiger partial charge in [0.15, 0.2) is 6.23 Å². The van der Waals surface area contributed by atoms with Crippen molar-refractivity contribution in [3.63, 3.8) is 0 Å². The van der Waals surface area contributed by atoms with Crippen LogP contribution in [0, 0.1) is 0 Å². The molecule has 3 heterocycles. The van der Waals surface area contributed by atoms with Crippen LogP contribution in [-0.2, 0) is 11.2 Å². The highest BCUT2D eigenvalue weighted by Gasteiger charge is 2.44. The molecular weight excluding hydrogens is 254 g/mol. The predicted molar refractivity (Wildman–Crippen MR) is 63.7 cm³/mol. The number of ether oxygens (including phenoxy) is 1. The Kier molecular flexibility index (Phi) is 3.02. The van der Waals surface area contributed by atoms with E-state index >= 15 is 0 Å². The van der Waals surface area contributed by atoms with Crippen molar-refractivity contribution in [3.05, 3.63) is 22.2 Å². The highest BCUT2D eigenvalue weighted by atomic mass is 16.6. The number of fused-ring (bicyclic) bond motifs is 1. The van der Waals surface area contributed by atoms with E-state index in [0.717, 1.165) is 16.6 Å². The molecule has 0 amide bonds. The maximum atomic E-state index is 11.9. The number of anilines is 1. The largest absolute Gasteiger partial charge is 0.394 e. The Morgan fingerprint density at radius 2 is 2.26 bits per heavy atom. The molecule has 0 radical (unpaired) electrons. The monoisotopic (exact) mass is 269 g/mol. The van der Waals surface area contributed by atoms with Crippen molar-refractivity contribution in [2.45, 2.75) is 31.0 Å². The molecule has 8 heteroatoms. The van der Waals surface area contributed by atoms with Crippen molar-refractivity contribution in [1.82, 2.24) is 9.55 Å². The summed E-state index contributed by atoms with van der Waals surface area (Å²) in [5.41, 5.74) is 0.292. The molecule has 1 saturated heterocycles. The summed E-state index contributed by atoms with van der Waals surface area (Å²) in [6.45, 7) is 0.283. The van der Waals surface area contributed by atoms with E-state index in [1.54, 1.807) is 6.20 Å². The first kappa shape index (κ1) is 12.5. The molecule has 2 aliphatic heterocycles. The first-order valence-electron chi connectivity index (χ1n) is 6.10. The molecule has 8 nitrogen and oxygen atoms in total. The van der Waals surface area contributed by atoms with E-state index in [0.29, 0.717) is 12.4 Å². The van der Waals surface area contributed by atoms with Crippen LogP contribution >= 0.6 is 0 Å². The molecule has 0 aromatic carbocycles. The van der Waals surface area contributed by atoms with Gasteiger partial charge in [-0.2, -0.15) is 4.98 Å². The summed E-state index contributed by atoms with van der Waals surface area (Å²) in [4.78, 5) is 15.8. The van der Waals surface area contributed by atoms with Crippen molar-refractivity contribution >= 4 is 5.82 Å². The van der Waals surface area contributed by atoms with Crippen LogP contribution in [0.1, 0.15) is 11.8 Å². The molecule has 19 heavy (non-hydrogen) atoms. The number of aliphatic hydroxyl groups is 3. The first-order valence-corrected chi connectivity index (χ1v) is 6.10. The molecular formula is C11H15N3O5. The Hall–Kier alpha value is -1.48. The Bertz CT molecular complexity index is 546. The molecule has 1 aromatic heterocycles. The first-order chi connectivity index (χ1) is 9.11. The van der Waals surface area contributed by atoms with Crippen LogP contribution in [0.2, 0.25) is 0 Å². The lowest BCUT2D eigenvalue weighted by molar-refractivity contribution is -0.0550. The number of nitrogens with zero attached hydrogens (tertiary/aromatic N) is 2. The SMILES string of the molecule is O=c1nc2c(cn1[C@@H]1O[C@H](CO)[C@@H](O)[C@@H]1O)CCN2. The van der Waals surface area contributed by atoms with Crippen LogP contribution in [0.25, 0.3) is 0 Å². The van der Waals surface area contributed by atoms with Gasteiger partial charge in [-0.05, 0) is 6.42 Å². The number of aromatic nitrogens is 2. The van der Waals surface area contributed by atoms with Gasteiger partial charge in [-0.3, -0.25) is 4.57 Å². The average molecular weight is 269 g/mol. The molecule has 1 fully saturated rings. The van der Waals surface area contributed by atoms with E-state index in [4.69, 9.17) is 9.84 Å². The molecule has 0 bridgehead atoms. The third-order valence-electron chi connectivity index (χ3n) is 3.51. The number of aliphatic hydroxyl groups excluding tert-OH is 3. The zero-order valence-electron chi connectivity index (χ0n) is 10.1. The van der Waals surface area contributed by atoms with Crippen molar-refractivity contribution in [3.8, 4) is 0 Å². The maximum Gasteiger partial charge on any atom is 0.351 e. The Balaban J connectivity index is 1.97. The van der Waals surface area contributed by atoms with Crippen LogP contribution in [0.5, 0.6) is 0 Å². The molecule has 2 aliphatic rings. The van der Waals surface area contributed by atoms with Crippen LogP contribution in [-0.4, -0.2) is 56.3 Å². The van der Waals surface area contributed by atoms with Gasteiger partial charge >= 0.3 is 5.69 Å². The minimum atomic E-state index is -1.27. The van der Waals surface area contributed by atoms with Crippen LogP contribution in [0.15, 0.2) is 11.0 Å². The molecule has 4 N–H and O–H groups in total. The second-order valence-electron chi connectivity index (χ2n) is 4.71. The van der Waals surface area contributed by atoms with Crippen molar-refractivity contribution in [2.24, 2.45) is 0 Å². The van der Waals surface area contributed by atoms with Gasteiger partial charge in [-0.1, -0.05) is 0 Å². The lowest BCUT2D eigenvalue weighted by Crippen LogP contribution is -2.36. The Morgan fingerprint density at radius 1 is 1.47 bits per heavy atom. The molecule has 4 atom stereocenters. The lowest BCUT2D eigenvalue weighted by atomic mass is 10.1. The van der Waals surface area contributed by atoms with Gasteiger partial charge < -0.3 is 25.4 Å². The molecule has 0 spiro atoms. The number of rotatable bonds is 2. The quantitative estimate of drug-likeness (QED) is 0.482. The van der Waals surface area contributed by atoms with E-state index in [1.165, 1.54) is 0 Å². The smallest absolute Gasteiger partial charge is 0.351 e. The molecule has 0 aliphatic carbocycles. The minimum absolute atomic E-state index is 0.427. The van der Waals surface area contributed by atoms with Gasteiger partial charge in [0.25, 0.3) is 0 Å². The summed E-state index contributed by atoms with van der Waals surface area (Å²) in [5, 5.41) is 31.6. The number of hydrogen-bond acceptors (Lipinski definition) is 7. The fourth-order valence-corrected chi connectivity index (χ4v) is 2.45. The third-order valence-corrected chi connectivity index (χ3v) is 3.51. The van der Waals surface area contributed by atoms with Gasteiger partial charge in [-0.25, -0.2) is 4.79 Å². The fourth-order valence-electron chi connectivity index (χ4n) is 2.45. The lowest BCUT2D eigenvalue weighted by Gasteiger charge is -2.17. The minimum Gasteiger partial charge on any atom is -0.394 e. The zero-order valence-corrected chi connectivity index (χ0v) is 10.1. The van der Waals surface area contributed by atoms with Crippen molar-refractivity contribution in [2.75, 3.05) is 18.5 Å². The van der Waals surface area contributed by atoms with E-state index in [1.807, 2.05) is 0 Å². The van der Waals surface area contributed by atoms with Crippen molar-refractivity contribution in [1.29, 1.82) is 0 Å². The maximum absolute atomic E-state index is 11.9. The Morgan fingerprint density at radius 3 is 2.95 bits per heavy atom.